The molecule has 0 saturated carbocycles. The fraction of sp³-hybridized carbons (Fsp3) is 0. The van der Waals surface area contributed by atoms with Gasteiger partial charge < -0.3 is 5.73 Å². The molecule has 20 heavy (non-hydrogen) atoms. The molecule has 0 radical (unpaired) electrons. The van der Waals surface area contributed by atoms with Crippen molar-refractivity contribution in [2.45, 2.75) is 0 Å². The minimum absolute atomic E-state index is 0.0639. The molecule has 0 unspecified atom stereocenters. The van der Waals surface area contributed by atoms with Crippen LogP contribution in [0.3, 0.4) is 0 Å². The largest absolute Gasteiger partial charge is 0.398 e. The quantitative estimate of drug-likeness (QED) is 0.400. The van der Waals surface area contributed by atoms with Gasteiger partial charge in [0.05, 0.1) is 4.92 Å². The average Bonchev–Trinajstić information content (AvgIpc) is 2.48. The van der Waals surface area contributed by atoms with Gasteiger partial charge in [0, 0.05) is 35.0 Å². The smallest absolute Gasteiger partial charge is 0.270 e. The second-order valence-electron chi connectivity index (χ2n) is 4.14. The molecule has 0 heterocycles. The Morgan fingerprint density at radius 3 is 2.35 bits per heavy atom. The maximum atomic E-state index is 12.0. The number of nitro groups is 1. The Morgan fingerprint density at radius 2 is 1.70 bits per heavy atom. The predicted molar refractivity (Wildman–Crippen MR) is 76.0 cm³/mol. The molecule has 2 aromatic carbocycles. The fourth-order valence-corrected chi connectivity index (χ4v) is 1.71. The summed E-state index contributed by atoms with van der Waals surface area (Å²) in [5.41, 5.74) is 6.92. The van der Waals surface area contributed by atoms with Crippen LogP contribution in [0.15, 0.2) is 60.7 Å². The third kappa shape index (κ3) is 3.08. The molecule has 5 nitrogen and oxygen atoms in total. The Morgan fingerprint density at radius 1 is 1.05 bits per heavy atom. The maximum Gasteiger partial charge on any atom is 0.270 e. The highest BCUT2D eigenvalue weighted by atomic mass is 16.6. The molecule has 5 heteroatoms. The van der Waals surface area contributed by atoms with E-state index in [2.05, 4.69) is 0 Å². The molecule has 0 aliphatic carbocycles. The zero-order valence-electron chi connectivity index (χ0n) is 10.5. The summed E-state index contributed by atoms with van der Waals surface area (Å²) in [6.07, 6.45) is 1.27. The molecule has 0 saturated heterocycles. The second-order valence-corrected chi connectivity index (χ2v) is 4.14. The van der Waals surface area contributed by atoms with Crippen LogP contribution in [0.2, 0.25) is 0 Å². The van der Waals surface area contributed by atoms with Gasteiger partial charge in [0.2, 0.25) is 0 Å². The van der Waals surface area contributed by atoms with Crippen LogP contribution in [-0.4, -0.2) is 10.7 Å². The summed E-state index contributed by atoms with van der Waals surface area (Å²) >= 11 is 0. The number of nitrogens with zero attached hydrogens (tertiary/aromatic N) is 1. The van der Waals surface area contributed by atoms with Gasteiger partial charge in [-0.15, -0.1) is 0 Å². The van der Waals surface area contributed by atoms with Crippen LogP contribution in [0.4, 0.5) is 5.69 Å². The van der Waals surface area contributed by atoms with Crippen LogP contribution in [-0.2, 0) is 0 Å². The van der Waals surface area contributed by atoms with Gasteiger partial charge in [-0.2, -0.15) is 0 Å². The van der Waals surface area contributed by atoms with E-state index in [0.29, 0.717) is 11.1 Å². The molecule has 0 amide bonds. The van der Waals surface area contributed by atoms with Crippen LogP contribution in [0.1, 0.15) is 15.9 Å². The molecule has 0 aliphatic rings. The lowest BCUT2D eigenvalue weighted by Crippen LogP contribution is -2.02. The fourth-order valence-electron chi connectivity index (χ4n) is 1.71. The van der Waals surface area contributed by atoms with Crippen LogP contribution in [0.25, 0.3) is 5.70 Å². The number of nitro benzene ring substituents is 1. The molecule has 2 aromatic rings. The Kier molecular flexibility index (Phi) is 3.91. The number of allylic oxidation sites excluding steroid dienone is 1. The number of carbonyl (C=O) groups is 1. The van der Waals surface area contributed by atoms with E-state index in [-0.39, 0.29) is 17.2 Å². The summed E-state index contributed by atoms with van der Waals surface area (Å²) in [6, 6.07) is 14.5. The number of non-ortho nitro benzene ring substituents is 1. The standard InChI is InChI=1S/C15H12N2O3/c16-14(10-15(18)11-5-2-1-3-6-11)12-7-4-8-13(9-12)17(19)20/h1-10H,16H2/b14-10-. The zero-order chi connectivity index (χ0) is 14.5. The van der Waals surface area contributed by atoms with E-state index in [1.807, 2.05) is 6.07 Å². The number of ketones is 1. The number of hydrogen-bond donors (Lipinski definition) is 1. The van der Waals surface area contributed by atoms with E-state index >= 15 is 0 Å². The summed E-state index contributed by atoms with van der Waals surface area (Å²) < 4.78 is 0. The molecule has 0 aromatic heterocycles. The van der Waals surface area contributed by atoms with E-state index in [9.17, 15) is 14.9 Å². The number of carbonyl (C=O) groups excluding carboxylic acids is 1. The second kappa shape index (κ2) is 5.79. The molecule has 2 N–H and O–H groups in total. The highest BCUT2D eigenvalue weighted by molar-refractivity contribution is 6.08. The number of hydrogen-bond acceptors (Lipinski definition) is 4. The number of benzene rings is 2. The van der Waals surface area contributed by atoms with Gasteiger partial charge in [-0.1, -0.05) is 42.5 Å². The first-order chi connectivity index (χ1) is 9.58. The molecule has 100 valence electrons. The monoisotopic (exact) mass is 268 g/mol. The molecular weight excluding hydrogens is 256 g/mol. The highest BCUT2D eigenvalue weighted by Crippen LogP contribution is 2.17. The van der Waals surface area contributed by atoms with Crippen molar-refractivity contribution in [2.75, 3.05) is 0 Å². The first-order valence-corrected chi connectivity index (χ1v) is 5.89. The third-order valence-electron chi connectivity index (χ3n) is 2.74. The van der Waals surface area contributed by atoms with Crippen molar-refractivity contribution in [1.29, 1.82) is 0 Å². The van der Waals surface area contributed by atoms with Crippen LogP contribution < -0.4 is 5.73 Å². The van der Waals surface area contributed by atoms with Crippen molar-refractivity contribution in [1.82, 2.24) is 0 Å². The summed E-state index contributed by atoms with van der Waals surface area (Å²) in [5.74, 6) is -0.241. The number of rotatable bonds is 4. The van der Waals surface area contributed by atoms with Gasteiger partial charge in [-0.25, -0.2) is 0 Å². The first-order valence-electron chi connectivity index (χ1n) is 5.89. The van der Waals surface area contributed by atoms with Crippen molar-refractivity contribution in [3.05, 3.63) is 81.9 Å². The number of nitrogens with two attached hydrogens (primary N) is 1. The van der Waals surface area contributed by atoms with Crippen molar-refractivity contribution in [3.63, 3.8) is 0 Å². The normalized spacial score (nSPS) is 11.1. The molecular formula is C15H12N2O3. The van der Waals surface area contributed by atoms with E-state index in [1.54, 1.807) is 30.3 Å². The van der Waals surface area contributed by atoms with Crippen LogP contribution in [0.5, 0.6) is 0 Å². The van der Waals surface area contributed by atoms with Crippen molar-refractivity contribution in [3.8, 4) is 0 Å². The van der Waals surface area contributed by atoms with Crippen LogP contribution in [0, 0.1) is 10.1 Å². The summed E-state index contributed by atoms with van der Waals surface area (Å²) in [7, 11) is 0. The minimum atomic E-state index is -0.504. The Hall–Kier alpha value is -2.95. The first kappa shape index (κ1) is 13.5. The third-order valence-corrected chi connectivity index (χ3v) is 2.74. The van der Waals surface area contributed by atoms with E-state index in [0.717, 1.165) is 0 Å². The molecule has 0 aliphatic heterocycles. The van der Waals surface area contributed by atoms with Crippen molar-refractivity contribution >= 4 is 17.2 Å². The minimum Gasteiger partial charge on any atom is -0.398 e. The molecule has 2 rings (SSSR count). The maximum absolute atomic E-state index is 12.0. The van der Waals surface area contributed by atoms with E-state index in [4.69, 9.17) is 5.73 Å². The van der Waals surface area contributed by atoms with Gasteiger partial charge in [0.15, 0.2) is 5.78 Å². The van der Waals surface area contributed by atoms with Gasteiger partial charge in [-0.05, 0) is 0 Å². The Balaban J connectivity index is 2.29. The Bertz CT molecular complexity index is 679. The van der Waals surface area contributed by atoms with Crippen molar-refractivity contribution < 1.29 is 9.72 Å². The highest BCUT2D eigenvalue weighted by Gasteiger charge is 2.08. The summed E-state index contributed by atoms with van der Waals surface area (Å²) in [6.45, 7) is 0. The van der Waals surface area contributed by atoms with Crippen molar-refractivity contribution in [2.24, 2.45) is 5.73 Å². The Labute approximate surface area is 115 Å². The molecule has 0 spiro atoms. The predicted octanol–water partition coefficient (Wildman–Crippen LogP) is 2.78. The van der Waals surface area contributed by atoms with E-state index in [1.165, 1.54) is 24.3 Å². The van der Waals surface area contributed by atoms with Gasteiger partial charge in [0.1, 0.15) is 0 Å². The topological polar surface area (TPSA) is 86.2 Å². The van der Waals surface area contributed by atoms with Crippen LogP contribution >= 0.6 is 0 Å². The summed E-state index contributed by atoms with van der Waals surface area (Å²) in [5, 5.41) is 10.7. The lowest BCUT2D eigenvalue weighted by molar-refractivity contribution is -0.384. The lowest BCUT2D eigenvalue weighted by Gasteiger charge is -2.02. The average molecular weight is 268 g/mol. The van der Waals surface area contributed by atoms with Gasteiger partial charge in [0.25, 0.3) is 5.69 Å². The molecule has 0 fully saturated rings. The molecule has 0 atom stereocenters. The SMILES string of the molecule is N/C(=C\C(=O)c1ccccc1)c1cccc([N+](=O)[O-])c1. The molecule has 0 bridgehead atoms. The summed E-state index contributed by atoms with van der Waals surface area (Å²) in [4.78, 5) is 22.2. The lowest BCUT2D eigenvalue weighted by atomic mass is 10.1. The van der Waals surface area contributed by atoms with Gasteiger partial charge >= 0.3 is 0 Å². The van der Waals surface area contributed by atoms with E-state index < -0.39 is 4.92 Å². The van der Waals surface area contributed by atoms with Gasteiger partial charge in [-0.3, -0.25) is 14.9 Å². The zero-order valence-corrected chi connectivity index (χ0v) is 10.5.